The number of hydrogen-bond acceptors (Lipinski definition) is 6. The normalized spacial score (nSPS) is 11.8. The second kappa shape index (κ2) is 15.3. The summed E-state index contributed by atoms with van der Waals surface area (Å²) in [4.78, 5) is 46.9. The largest absolute Gasteiger partial charge is 0.480 e. The Hall–Kier alpha value is -3.48. The summed E-state index contributed by atoms with van der Waals surface area (Å²) < 4.78 is 0. The smallest absolute Gasteiger partial charge is 0.326 e. The van der Waals surface area contributed by atoms with Crippen LogP contribution in [0.15, 0.2) is 30.5 Å². The van der Waals surface area contributed by atoms with Gasteiger partial charge in [-0.15, -0.1) is 0 Å². The van der Waals surface area contributed by atoms with Gasteiger partial charge in [0, 0.05) is 30.4 Å². The summed E-state index contributed by atoms with van der Waals surface area (Å²) in [5.74, 6) is -2.94. The average molecular weight is 468 g/mol. The van der Waals surface area contributed by atoms with Crippen molar-refractivity contribution in [1.29, 1.82) is 0 Å². The van der Waals surface area contributed by atoms with E-state index in [-0.39, 0.29) is 24.3 Å². The maximum Gasteiger partial charge on any atom is 0.326 e. The van der Waals surface area contributed by atoms with Crippen LogP contribution in [0, 0.1) is 0 Å². The topological polar surface area (TPSA) is 232 Å². The van der Waals surface area contributed by atoms with Crippen LogP contribution >= 0.6 is 0 Å². The number of carboxylic acids is 2. The molecule has 0 spiro atoms. The molecular formula is C21H33N5O7. The number of nitrogens with two attached hydrogens (primary N) is 2. The third kappa shape index (κ3) is 11.1. The zero-order valence-electron chi connectivity index (χ0n) is 18.5. The van der Waals surface area contributed by atoms with Crippen LogP contribution in [0.2, 0.25) is 0 Å². The molecule has 12 heteroatoms. The molecule has 0 saturated carbocycles. The van der Waals surface area contributed by atoms with Crippen molar-refractivity contribution in [3.8, 4) is 0 Å². The molecule has 1 aromatic heterocycles. The summed E-state index contributed by atoms with van der Waals surface area (Å²) in [6, 6.07) is 5.76. The molecule has 2 amide bonds. The molecule has 0 saturated heterocycles. The van der Waals surface area contributed by atoms with E-state index in [1.165, 1.54) is 6.92 Å². The number of aromatic nitrogens is 1. The number of amides is 2. The fourth-order valence-corrected chi connectivity index (χ4v) is 2.80. The monoisotopic (exact) mass is 467 g/mol. The molecule has 12 nitrogen and oxygen atoms in total. The number of carboxylic acid groups (broad SMARTS) is 2. The first-order valence-corrected chi connectivity index (χ1v) is 10.2. The van der Waals surface area contributed by atoms with Crippen LogP contribution < -0.4 is 22.1 Å². The molecule has 2 aromatic rings. The highest BCUT2D eigenvalue weighted by Crippen LogP contribution is 2.19. The molecule has 1 heterocycles. The molecule has 2 atom stereocenters. The molecule has 33 heavy (non-hydrogen) atoms. The highest BCUT2D eigenvalue weighted by molar-refractivity contribution is 5.88. The van der Waals surface area contributed by atoms with Gasteiger partial charge in [0.15, 0.2) is 0 Å². The number of nitrogens with one attached hydrogen (secondary N) is 3. The third-order valence-electron chi connectivity index (χ3n) is 4.52. The van der Waals surface area contributed by atoms with E-state index < -0.39 is 29.9 Å². The Balaban J connectivity index is 0.000000794. The van der Waals surface area contributed by atoms with Crippen LogP contribution in [0.3, 0.4) is 0 Å². The molecule has 0 aliphatic rings. The zero-order valence-corrected chi connectivity index (χ0v) is 18.5. The number of aliphatic carboxylic acids is 2. The van der Waals surface area contributed by atoms with E-state index in [0.717, 1.165) is 29.3 Å². The van der Waals surface area contributed by atoms with Gasteiger partial charge in [-0.1, -0.05) is 24.6 Å². The van der Waals surface area contributed by atoms with Crippen LogP contribution in [-0.2, 0) is 25.6 Å². The van der Waals surface area contributed by atoms with Crippen LogP contribution in [-0.4, -0.2) is 69.6 Å². The third-order valence-corrected chi connectivity index (χ3v) is 4.52. The predicted molar refractivity (Wildman–Crippen MR) is 122 cm³/mol. The maximum absolute atomic E-state index is 11.7. The highest BCUT2D eigenvalue weighted by atomic mass is 16.4. The van der Waals surface area contributed by atoms with Crippen molar-refractivity contribution in [2.45, 2.75) is 44.7 Å². The van der Waals surface area contributed by atoms with E-state index in [2.05, 4.69) is 15.6 Å². The Bertz CT molecular complexity index is 915. The fraction of sp³-hybridized carbons (Fsp3) is 0.429. The van der Waals surface area contributed by atoms with Crippen molar-refractivity contribution in [3.63, 3.8) is 0 Å². The number of H-pyrrole nitrogens is 1. The van der Waals surface area contributed by atoms with E-state index in [9.17, 15) is 24.3 Å². The lowest BCUT2D eigenvalue weighted by Gasteiger charge is -2.14. The quantitative estimate of drug-likeness (QED) is 0.204. The molecular weight excluding hydrogens is 434 g/mol. The van der Waals surface area contributed by atoms with Crippen LogP contribution in [0.1, 0.15) is 31.7 Å². The minimum atomic E-state index is -1.12. The van der Waals surface area contributed by atoms with Crippen molar-refractivity contribution in [2.24, 2.45) is 11.5 Å². The van der Waals surface area contributed by atoms with Gasteiger partial charge >= 0.3 is 11.9 Å². The summed E-state index contributed by atoms with van der Waals surface area (Å²) in [5, 5.41) is 23.2. The number of carbonyl (C=O) groups excluding carboxylic acids is 2. The Morgan fingerprint density at radius 2 is 1.76 bits per heavy atom. The van der Waals surface area contributed by atoms with Gasteiger partial charge < -0.3 is 42.8 Å². The molecule has 184 valence electrons. The molecule has 11 N–H and O–H groups in total. The molecule has 2 rings (SSSR count). The Kier molecular flexibility index (Phi) is 13.7. The van der Waals surface area contributed by atoms with Crippen molar-refractivity contribution >= 4 is 34.7 Å². The molecule has 0 radical (unpaired) electrons. The zero-order chi connectivity index (χ0) is 24.1. The number of hydrogen-bond donors (Lipinski definition) is 7. The van der Waals surface area contributed by atoms with Gasteiger partial charge in [0.1, 0.15) is 12.1 Å². The van der Waals surface area contributed by atoms with Crippen LogP contribution in [0.25, 0.3) is 10.9 Å². The summed E-state index contributed by atoms with van der Waals surface area (Å²) in [5.41, 5.74) is 12.1. The number of para-hydroxylation sites is 1. The Morgan fingerprint density at radius 1 is 1.09 bits per heavy atom. The average Bonchev–Trinajstić information content (AvgIpc) is 3.15. The van der Waals surface area contributed by atoms with Crippen molar-refractivity contribution in [2.75, 3.05) is 13.1 Å². The van der Waals surface area contributed by atoms with Gasteiger partial charge in [-0.2, -0.15) is 0 Å². The maximum atomic E-state index is 11.7. The summed E-state index contributed by atoms with van der Waals surface area (Å²) >= 11 is 0. The van der Waals surface area contributed by atoms with Gasteiger partial charge in [0.2, 0.25) is 11.8 Å². The first kappa shape index (κ1) is 29.5. The first-order valence-electron chi connectivity index (χ1n) is 10.2. The molecule has 0 fully saturated rings. The lowest BCUT2D eigenvalue weighted by Crippen LogP contribution is -2.46. The van der Waals surface area contributed by atoms with E-state index >= 15 is 0 Å². The summed E-state index contributed by atoms with van der Waals surface area (Å²) in [7, 11) is 0. The van der Waals surface area contributed by atoms with E-state index in [1.807, 2.05) is 24.3 Å². The van der Waals surface area contributed by atoms with E-state index in [1.54, 1.807) is 6.20 Å². The SMILES string of the molecule is CC(=O)NCC(=O)N[C@@H](Cc1c[nH]c2ccccc12)C(=O)O.NCCCC[C@H](N)C(=O)O.O. The molecule has 1 aromatic carbocycles. The Labute approximate surface area is 191 Å². The van der Waals surface area contributed by atoms with Gasteiger partial charge in [-0.3, -0.25) is 14.4 Å². The molecule has 0 unspecified atom stereocenters. The number of rotatable bonds is 11. The minimum absolute atomic E-state index is 0. The lowest BCUT2D eigenvalue weighted by atomic mass is 10.1. The van der Waals surface area contributed by atoms with Gasteiger partial charge in [0.05, 0.1) is 6.54 Å². The lowest BCUT2D eigenvalue weighted by molar-refractivity contribution is -0.141. The minimum Gasteiger partial charge on any atom is -0.480 e. The second-order valence-corrected chi connectivity index (χ2v) is 7.16. The predicted octanol–water partition coefficient (Wildman–Crippen LogP) is -0.881. The Morgan fingerprint density at radius 3 is 2.33 bits per heavy atom. The van der Waals surface area contributed by atoms with Crippen molar-refractivity contribution < 1.29 is 34.9 Å². The van der Waals surface area contributed by atoms with E-state index in [0.29, 0.717) is 13.0 Å². The number of fused-ring (bicyclic) bond motifs is 1. The second-order valence-electron chi connectivity index (χ2n) is 7.16. The molecule has 0 aliphatic heterocycles. The summed E-state index contributed by atoms with van der Waals surface area (Å²) in [6.07, 6.45) is 4.06. The van der Waals surface area contributed by atoms with Gasteiger partial charge in [0.25, 0.3) is 0 Å². The standard InChI is InChI=1S/C15H17N3O4.C6H14N2O2.H2O/c1-9(19)16-8-14(20)18-13(15(21)22)6-10-7-17-12-5-3-2-4-11(10)12;7-4-2-1-3-5(8)6(9)10;/h2-5,7,13,17H,6,8H2,1H3,(H,16,19)(H,18,20)(H,21,22);5H,1-4,7-8H2,(H,9,10);1H2/t13-;5-;/m00./s1. The van der Waals surface area contributed by atoms with Crippen LogP contribution in [0.5, 0.6) is 0 Å². The van der Waals surface area contributed by atoms with Crippen molar-refractivity contribution in [1.82, 2.24) is 15.6 Å². The number of benzene rings is 1. The number of carbonyl (C=O) groups is 4. The fourth-order valence-electron chi connectivity index (χ4n) is 2.80. The first-order chi connectivity index (χ1) is 15.1. The van der Waals surface area contributed by atoms with Crippen LogP contribution in [0.4, 0.5) is 0 Å². The number of aromatic amines is 1. The highest BCUT2D eigenvalue weighted by Gasteiger charge is 2.21. The summed E-state index contributed by atoms with van der Waals surface area (Å²) in [6.45, 7) is 1.65. The van der Waals surface area contributed by atoms with Gasteiger partial charge in [-0.05, 0) is 31.0 Å². The van der Waals surface area contributed by atoms with E-state index in [4.69, 9.17) is 16.6 Å². The van der Waals surface area contributed by atoms with Gasteiger partial charge in [-0.25, -0.2) is 4.79 Å². The number of unbranched alkanes of at least 4 members (excludes halogenated alkanes) is 1. The molecule has 0 aliphatic carbocycles. The molecule has 0 bridgehead atoms. The van der Waals surface area contributed by atoms with Crippen molar-refractivity contribution in [3.05, 3.63) is 36.0 Å².